The fraction of sp³-hybridized carbons (Fsp3) is 0.312. The Labute approximate surface area is 141 Å². The molecule has 0 radical (unpaired) electrons. The third-order valence-corrected chi connectivity index (χ3v) is 4.99. The average molecular weight is 355 g/mol. The second kappa shape index (κ2) is 7.66. The number of ether oxygens (including phenoxy) is 1. The summed E-state index contributed by atoms with van der Waals surface area (Å²) in [4.78, 5) is 3.91. The molecule has 7 heteroatoms. The minimum Gasteiger partial charge on any atom is -0.492 e. The van der Waals surface area contributed by atoms with Crippen molar-refractivity contribution in [3.05, 3.63) is 47.2 Å². The Bertz CT molecular complexity index is 764. The van der Waals surface area contributed by atoms with Gasteiger partial charge in [-0.15, -0.1) is 0 Å². The summed E-state index contributed by atoms with van der Waals surface area (Å²) in [5.41, 5.74) is 1.14. The fourth-order valence-electron chi connectivity index (χ4n) is 1.92. The van der Waals surface area contributed by atoms with Crippen molar-refractivity contribution in [1.29, 1.82) is 0 Å². The van der Waals surface area contributed by atoms with Gasteiger partial charge < -0.3 is 4.74 Å². The monoisotopic (exact) mass is 354 g/mol. The zero-order valence-electron chi connectivity index (χ0n) is 13.0. The van der Waals surface area contributed by atoms with E-state index in [9.17, 15) is 8.42 Å². The molecule has 0 aliphatic rings. The average Bonchev–Trinajstić information content (AvgIpc) is 2.51. The van der Waals surface area contributed by atoms with Gasteiger partial charge in [0.2, 0.25) is 0 Å². The Hall–Kier alpha value is -1.79. The topological polar surface area (TPSA) is 68.3 Å². The third-order valence-electron chi connectivity index (χ3n) is 3.18. The molecular weight excluding hydrogens is 336 g/mol. The molecule has 23 heavy (non-hydrogen) atoms. The minimum atomic E-state index is -3.82. The lowest BCUT2D eigenvalue weighted by atomic mass is 10.2. The first-order valence-electron chi connectivity index (χ1n) is 7.30. The van der Waals surface area contributed by atoms with Gasteiger partial charge in [0.05, 0.1) is 18.5 Å². The summed E-state index contributed by atoms with van der Waals surface area (Å²) >= 11 is 6.10. The van der Waals surface area contributed by atoms with E-state index in [1.807, 2.05) is 6.92 Å². The Kier molecular flexibility index (Phi) is 5.85. The first-order valence-corrected chi connectivity index (χ1v) is 9.16. The molecule has 5 nitrogen and oxygen atoms in total. The standard InChI is InChI=1S/C16H19ClN2O3S/c1-3-4-8-22-15-9-12(2)14(17)10-16(15)23(20,21)19-13-6-5-7-18-11-13/h5-7,9-11,19H,3-4,8H2,1-2H3. The molecule has 1 aromatic heterocycles. The number of hydrogen-bond acceptors (Lipinski definition) is 4. The van der Waals surface area contributed by atoms with Crippen LogP contribution in [-0.4, -0.2) is 20.0 Å². The number of hydrogen-bond donors (Lipinski definition) is 1. The van der Waals surface area contributed by atoms with Crippen LogP contribution < -0.4 is 9.46 Å². The van der Waals surface area contributed by atoms with Crippen LogP contribution in [0.3, 0.4) is 0 Å². The number of aromatic nitrogens is 1. The highest BCUT2D eigenvalue weighted by Crippen LogP contribution is 2.31. The summed E-state index contributed by atoms with van der Waals surface area (Å²) in [6.07, 6.45) is 4.81. The molecular formula is C16H19ClN2O3S. The maximum absolute atomic E-state index is 12.6. The van der Waals surface area contributed by atoms with Crippen molar-refractivity contribution in [2.24, 2.45) is 0 Å². The first-order chi connectivity index (χ1) is 10.9. The summed E-state index contributed by atoms with van der Waals surface area (Å²) in [5.74, 6) is 0.303. The van der Waals surface area contributed by atoms with Gasteiger partial charge in [0.15, 0.2) is 0 Å². The minimum absolute atomic E-state index is 0.0213. The van der Waals surface area contributed by atoms with E-state index in [0.717, 1.165) is 18.4 Å². The van der Waals surface area contributed by atoms with E-state index in [1.165, 1.54) is 12.3 Å². The summed E-state index contributed by atoms with van der Waals surface area (Å²) in [7, 11) is -3.82. The van der Waals surface area contributed by atoms with Crippen molar-refractivity contribution in [3.8, 4) is 5.75 Å². The SMILES string of the molecule is CCCCOc1cc(C)c(Cl)cc1S(=O)(=O)Nc1cccnc1. The van der Waals surface area contributed by atoms with Gasteiger partial charge in [-0.2, -0.15) is 0 Å². The van der Waals surface area contributed by atoms with Crippen LogP contribution in [0.15, 0.2) is 41.6 Å². The second-order valence-corrected chi connectivity index (χ2v) is 7.16. The Morgan fingerprint density at radius 3 is 2.78 bits per heavy atom. The van der Waals surface area contributed by atoms with Gasteiger partial charge in [-0.3, -0.25) is 9.71 Å². The van der Waals surface area contributed by atoms with E-state index in [1.54, 1.807) is 31.3 Å². The Morgan fingerprint density at radius 1 is 1.35 bits per heavy atom. The van der Waals surface area contributed by atoms with E-state index in [4.69, 9.17) is 16.3 Å². The predicted octanol–water partition coefficient (Wildman–Crippen LogP) is 4.02. The van der Waals surface area contributed by atoms with Crippen LogP contribution >= 0.6 is 11.6 Å². The number of benzene rings is 1. The molecule has 0 amide bonds. The zero-order chi connectivity index (χ0) is 16.9. The predicted molar refractivity (Wildman–Crippen MR) is 91.6 cm³/mol. The number of pyridine rings is 1. The summed E-state index contributed by atoms with van der Waals surface area (Å²) < 4.78 is 33.4. The van der Waals surface area contributed by atoms with Gasteiger partial charge in [0.1, 0.15) is 10.6 Å². The van der Waals surface area contributed by atoms with Crippen LogP contribution in [0, 0.1) is 6.92 Å². The van der Waals surface area contributed by atoms with Crippen molar-refractivity contribution in [2.75, 3.05) is 11.3 Å². The molecule has 0 atom stereocenters. The third kappa shape index (κ3) is 4.59. The Morgan fingerprint density at radius 2 is 2.13 bits per heavy atom. The number of aryl methyl sites for hydroxylation is 1. The quantitative estimate of drug-likeness (QED) is 0.762. The van der Waals surface area contributed by atoms with E-state index >= 15 is 0 Å². The lowest BCUT2D eigenvalue weighted by molar-refractivity contribution is 0.301. The molecule has 2 rings (SSSR count). The fourth-order valence-corrected chi connectivity index (χ4v) is 3.34. The van der Waals surface area contributed by atoms with Gasteiger partial charge in [-0.05, 0) is 43.2 Å². The number of unbranched alkanes of at least 4 members (excludes halogenated alkanes) is 1. The molecule has 0 unspecified atom stereocenters. The second-order valence-electron chi connectivity index (χ2n) is 5.10. The number of nitrogens with one attached hydrogen (secondary N) is 1. The maximum atomic E-state index is 12.6. The lowest BCUT2D eigenvalue weighted by Gasteiger charge is -2.15. The normalized spacial score (nSPS) is 11.3. The van der Waals surface area contributed by atoms with E-state index in [2.05, 4.69) is 9.71 Å². The summed E-state index contributed by atoms with van der Waals surface area (Å²) in [6.45, 7) is 4.30. The largest absolute Gasteiger partial charge is 0.492 e. The molecule has 1 aromatic carbocycles. The molecule has 0 fully saturated rings. The van der Waals surface area contributed by atoms with E-state index < -0.39 is 10.0 Å². The first kappa shape index (κ1) is 17.6. The van der Waals surface area contributed by atoms with Gasteiger partial charge in [0, 0.05) is 11.2 Å². The van der Waals surface area contributed by atoms with Crippen molar-refractivity contribution < 1.29 is 13.2 Å². The molecule has 2 aromatic rings. The number of anilines is 1. The Balaban J connectivity index is 2.37. The van der Waals surface area contributed by atoms with Crippen LogP contribution in [0.25, 0.3) is 0 Å². The molecule has 1 heterocycles. The number of nitrogens with zero attached hydrogens (tertiary/aromatic N) is 1. The van der Waals surface area contributed by atoms with Crippen molar-refractivity contribution in [2.45, 2.75) is 31.6 Å². The summed E-state index contributed by atoms with van der Waals surface area (Å²) in [5, 5.41) is 0.374. The lowest BCUT2D eigenvalue weighted by Crippen LogP contribution is -2.15. The van der Waals surface area contributed by atoms with Crippen LogP contribution in [0.5, 0.6) is 5.75 Å². The zero-order valence-corrected chi connectivity index (χ0v) is 14.6. The van der Waals surface area contributed by atoms with Crippen LogP contribution in [-0.2, 0) is 10.0 Å². The number of sulfonamides is 1. The highest BCUT2D eigenvalue weighted by molar-refractivity contribution is 7.92. The number of halogens is 1. The molecule has 0 saturated heterocycles. The smallest absolute Gasteiger partial charge is 0.265 e. The number of rotatable bonds is 7. The molecule has 1 N–H and O–H groups in total. The highest BCUT2D eigenvalue weighted by atomic mass is 35.5. The maximum Gasteiger partial charge on any atom is 0.265 e. The van der Waals surface area contributed by atoms with Gasteiger partial charge in [0.25, 0.3) is 10.0 Å². The molecule has 0 bridgehead atoms. The van der Waals surface area contributed by atoms with Crippen LogP contribution in [0.2, 0.25) is 5.02 Å². The van der Waals surface area contributed by atoms with Crippen molar-refractivity contribution in [3.63, 3.8) is 0 Å². The van der Waals surface area contributed by atoms with Crippen molar-refractivity contribution >= 4 is 27.3 Å². The molecule has 0 aliphatic heterocycles. The van der Waals surface area contributed by atoms with E-state index in [0.29, 0.717) is 23.1 Å². The summed E-state index contributed by atoms with van der Waals surface area (Å²) in [6, 6.07) is 6.34. The van der Waals surface area contributed by atoms with Crippen LogP contribution in [0.1, 0.15) is 25.3 Å². The molecule has 0 aliphatic carbocycles. The van der Waals surface area contributed by atoms with E-state index in [-0.39, 0.29) is 4.90 Å². The van der Waals surface area contributed by atoms with Gasteiger partial charge >= 0.3 is 0 Å². The van der Waals surface area contributed by atoms with Crippen LogP contribution in [0.4, 0.5) is 5.69 Å². The molecule has 0 spiro atoms. The molecule has 124 valence electrons. The van der Waals surface area contributed by atoms with Crippen molar-refractivity contribution in [1.82, 2.24) is 4.98 Å². The molecule has 0 saturated carbocycles. The van der Waals surface area contributed by atoms with Gasteiger partial charge in [-0.1, -0.05) is 24.9 Å². The van der Waals surface area contributed by atoms with Gasteiger partial charge in [-0.25, -0.2) is 8.42 Å². The highest BCUT2D eigenvalue weighted by Gasteiger charge is 2.21.